The van der Waals surface area contributed by atoms with Crippen LogP contribution in [0.3, 0.4) is 0 Å². The molecule has 1 aromatic heterocycles. The quantitative estimate of drug-likeness (QED) is 0.797. The van der Waals surface area contributed by atoms with Crippen LogP contribution in [0.25, 0.3) is 0 Å². The van der Waals surface area contributed by atoms with Crippen LogP contribution in [0, 0.1) is 5.92 Å². The number of amides is 2. The number of carbonyl (C=O) groups excluding carboxylic acids is 2. The lowest BCUT2D eigenvalue weighted by Gasteiger charge is -2.32. The number of hydrogen-bond acceptors (Lipinski definition) is 5. The Hall–Kier alpha value is -2.18. The molecule has 2 heterocycles. The molecule has 0 aromatic carbocycles. The third-order valence-electron chi connectivity index (χ3n) is 3.33. The third-order valence-corrected chi connectivity index (χ3v) is 3.33. The second-order valence-electron chi connectivity index (χ2n) is 5.50. The average molecular weight is 291 g/mol. The summed E-state index contributed by atoms with van der Waals surface area (Å²) in [6.45, 7) is 7.21. The lowest BCUT2D eigenvalue weighted by molar-refractivity contribution is -0.119. The molecule has 0 bridgehead atoms. The van der Waals surface area contributed by atoms with Crippen molar-refractivity contribution in [1.29, 1.82) is 0 Å². The van der Waals surface area contributed by atoms with Crippen LogP contribution in [0.15, 0.2) is 12.4 Å². The molecule has 0 atom stereocenters. The maximum atomic E-state index is 12.4. The van der Waals surface area contributed by atoms with Crippen molar-refractivity contribution in [3.63, 3.8) is 0 Å². The van der Waals surface area contributed by atoms with Crippen LogP contribution in [-0.4, -0.2) is 64.8 Å². The van der Waals surface area contributed by atoms with Gasteiger partial charge in [0.05, 0.1) is 0 Å². The second kappa shape index (κ2) is 7.01. The topological polar surface area (TPSA) is 78.4 Å². The van der Waals surface area contributed by atoms with Crippen LogP contribution in [0.4, 0.5) is 5.82 Å². The van der Waals surface area contributed by atoms with Crippen LogP contribution < -0.4 is 5.32 Å². The summed E-state index contributed by atoms with van der Waals surface area (Å²) in [6, 6.07) is 1.68. The number of nitrogens with one attached hydrogen (secondary N) is 1. The highest BCUT2D eigenvalue weighted by Gasteiger charge is 2.22. The summed E-state index contributed by atoms with van der Waals surface area (Å²) >= 11 is 0. The van der Waals surface area contributed by atoms with Gasteiger partial charge in [-0.15, -0.1) is 0 Å². The van der Waals surface area contributed by atoms with E-state index in [1.54, 1.807) is 15.9 Å². The van der Waals surface area contributed by atoms with Crippen LogP contribution in [-0.2, 0) is 4.79 Å². The van der Waals surface area contributed by atoms with E-state index in [0.717, 1.165) is 13.0 Å². The molecule has 0 unspecified atom stereocenters. The van der Waals surface area contributed by atoms with Crippen molar-refractivity contribution in [3.05, 3.63) is 18.1 Å². The maximum absolute atomic E-state index is 12.4. The largest absolute Gasteiger partial charge is 0.370 e. The minimum Gasteiger partial charge on any atom is -0.370 e. The zero-order valence-corrected chi connectivity index (χ0v) is 12.5. The van der Waals surface area contributed by atoms with Gasteiger partial charge in [-0.05, 0) is 5.92 Å². The molecule has 1 aliphatic heterocycles. The van der Waals surface area contributed by atoms with E-state index in [1.807, 2.05) is 0 Å². The molecular formula is C14H21N5O2. The minimum atomic E-state index is -0.115. The first-order chi connectivity index (χ1) is 10.1. The number of anilines is 1. The molecule has 1 aliphatic rings. The van der Waals surface area contributed by atoms with Crippen molar-refractivity contribution in [2.45, 2.75) is 13.8 Å². The number of hydrogen-bond donors (Lipinski definition) is 1. The lowest BCUT2D eigenvalue weighted by Crippen LogP contribution is -2.48. The van der Waals surface area contributed by atoms with Crippen molar-refractivity contribution in [2.75, 3.05) is 38.0 Å². The molecule has 0 radical (unpaired) electrons. The van der Waals surface area contributed by atoms with Gasteiger partial charge in [-0.25, -0.2) is 9.97 Å². The van der Waals surface area contributed by atoms with Gasteiger partial charge in [0.2, 0.25) is 6.41 Å². The molecule has 7 nitrogen and oxygen atoms in total. The predicted octanol–water partition coefficient (Wildman–Crippen LogP) is 0.459. The first kappa shape index (κ1) is 15.2. The molecule has 2 amide bonds. The number of aromatic nitrogens is 2. The Kier molecular flexibility index (Phi) is 5.08. The van der Waals surface area contributed by atoms with Gasteiger partial charge in [-0.3, -0.25) is 9.59 Å². The Morgan fingerprint density at radius 2 is 2.05 bits per heavy atom. The zero-order valence-electron chi connectivity index (χ0n) is 12.5. The Morgan fingerprint density at radius 3 is 2.67 bits per heavy atom. The van der Waals surface area contributed by atoms with Crippen LogP contribution >= 0.6 is 0 Å². The van der Waals surface area contributed by atoms with E-state index >= 15 is 0 Å². The molecule has 0 spiro atoms. The van der Waals surface area contributed by atoms with Crippen molar-refractivity contribution < 1.29 is 9.59 Å². The normalized spacial score (nSPS) is 15.2. The third kappa shape index (κ3) is 4.14. The van der Waals surface area contributed by atoms with Gasteiger partial charge < -0.3 is 15.1 Å². The monoisotopic (exact) mass is 291 g/mol. The van der Waals surface area contributed by atoms with Crippen molar-refractivity contribution in [3.8, 4) is 0 Å². The van der Waals surface area contributed by atoms with Gasteiger partial charge >= 0.3 is 0 Å². The fourth-order valence-corrected chi connectivity index (χ4v) is 2.07. The van der Waals surface area contributed by atoms with Gasteiger partial charge in [-0.1, -0.05) is 13.8 Å². The van der Waals surface area contributed by atoms with E-state index in [4.69, 9.17) is 0 Å². The molecule has 0 aliphatic carbocycles. The molecule has 114 valence electrons. The van der Waals surface area contributed by atoms with Gasteiger partial charge in [0.25, 0.3) is 5.91 Å². The number of rotatable bonds is 5. The van der Waals surface area contributed by atoms with E-state index in [1.165, 1.54) is 6.33 Å². The van der Waals surface area contributed by atoms with Gasteiger partial charge in [-0.2, -0.15) is 0 Å². The van der Waals surface area contributed by atoms with E-state index in [-0.39, 0.29) is 5.91 Å². The van der Waals surface area contributed by atoms with Gasteiger partial charge in [0.15, 0.2) is 0 Å². The van der Waals surface area contributed by atoms with E-state index < -0.39 is 0 Å². The Morgan fingerprint density at radius 1 is 1.33 bits per heavy atom. The first-order valence-corrected chi connectivity index (χ1v) is 7.14. The molecule has 1 fully saturated rings. The van der Waals surface area contributed by atoms with Crippen molar-refractivity contribution in [2.24, 2.45) is 5.92 Å². The van der Waals surface area contributed by atoms with Crippen molar-refractivity contribution in [1.82, 2.24) is 19.8 Å². The smallest absolute Gasteiger partial charge is 0.272 e. The zero-order chi connectivity index (χ0) is 15.2. The van der Waals surface area contributed by atoms with E-state index in [2.05, 4.69) is 29.1 Å². The highest BCUT2D eigenvalue weighted by molar-refractivity contribution is 5.93. The summed E-state index contributed by atoms with van der Waals surface area (Å²) in [6.07, 6.45) is 2.22. The molecule has 1 aromatic rings. The Labute approximate surface area is 124 Å². The Bertz CT molecular complexity index is 498. The molecule has 2 rings (SSSR count). The molecular weight excluding hydrogens is 270 g/mol. The Balaban J connectivity index is 1.99. The average Bonchev–Trinajstić information content (AvgIpc) is 2.52. The van der Waals surface area contributed by atoms with Crippen molar-refractivity contribution >= 4 is 18.1 Å². The molecule has 7 heteroatoms. The lowest BCUT2D eigenvalue weighted by atomic mass is 10.2. The standard InChI is InChI=1S/C14H21N5O2/c1-11(2)8-15-13-7-12(16-9-17-13)14(21)19-5-3-18(10-20)4-6-19/h7,9-11H,3-6,8H2,1-2H3,(H,15,16,17). The van der Waals surface area contributed by atoms with Crippen LogP contribution in [0.2, 0.25) is 0 Å². The summed E-state index contributed by atoms with van der Waals surface area (Å²) in [5.74, 6) is 1.04. The summed E-state index contributed by atoms with van der Waals surface area (Å²) in [4.78, 5) is 34.6. The number of carbonyl (C=O) groups is 2. The summed E-state index contributed by atoms with van der Waals surface area (Å²) in [7, 11) is 0. The molecule has 1 N–H and O–H groups in total. The van der Waals surface area contributed by atoms with Crippen LogP contribution in [0.1, 0.15) is 24.3 Å². The highest BCUT2D eigenvalue weighted by Crippen LogP contribution is 2.10. The second-order valence-corrected chi connectivity index (χ2v) is 5.50. The fourth-order valence-electron chi connectivity index (χ4n) is 2.07. The summed E-state index contributed by atoms with van der Waals surface area (Å²) in [5.41, 5.74) is 0.385. The minimum absolute atomic E-state index is 0.115. The summed E-state index contributed by atoms with van der Waals surface area (Å²) < 4.78 is 0. The molecule has 0 saturated carbocycles. The van der Waals surface area contributed by atoms with Gasteiger partial charge in [0.1, 0.15) is 17.8 Å². The van der Waals surface area contributed by atoms with Gasteiger partial charge in [0, 0.05) is 38.8 Å². The highest BCUT2D eigenvalue weighted by atomic mass is 16.2. The fraction of sp³-hybridized carbons (Fsp3) is 0.571. The SMILES string of the molecule is CC(C)CNc1cc(C(=O)N2CCN(C=O)CC2)ncn1. The predicted molar refractivity (Wildman–Crippen MR) is 78.9 cm³/mol. The molecule has 1 saturated heterocycles. The molecule has 21 heavy (non-hydrogen) atoms. The first-order valence-electron chi connectivity index (χ1n) is 7.14. The number of nitrogens with zero attached hydrogens (tertiary/aromatic N) is 4. The maximum Gasteiger partial charge on any atom is 0.272 e. The number of piperazine rings is 1. The van der Waals surface area contributed by atoms with E-state index in [9.17, 15) is 9.59 Å². The van der Waals surface area contributed by atoms with Crippen LogP contribution in [0.5, 0.6) is 0 Å². The van der Waals surface area contributed by atoms with E-state index in [0.29, 0.717) is 43.6 Å². The summed E-state index contributed by atoms with van der Waals surface area (Å²) in [5, 5.41) is 3.18.